The Balaban J connectivity index is 1.33. The van der Waals surface area contributed by atoms with E-state index in [1.165, 1.54) is 0 Å². The third-order valence-corrected chi connectivity index (χ3v) is 6.15. The van der Waals surface area contributed by atoms with Crippen LogP contribution in [0.5, 0.6) is 0 Å². The van der Waals surface area contributed by atoms with Crippen molar-refractivity contribution < 1.29 is 9.59 Å². The predicted octanol–water partition coefficient (Wildman–Crippen LogP) is 4.02. The number of benzene rings is 3. The third kappa shape index (κ3) is 4.08. The van der Waals surface area contributed by atoms with Crippen LogP contribution in [0.4, 0.5) is 0 Å². The number of para-hydroxylation sites is 2. The lowest BCUT2D eigenvalue weighted by Gasteiger charge is -2.15. The number of hydrogen-bond donors (Lipinski definition) is 2. The highest BCUT2D eigenvalue weighted by molar-refractivity contribution is 5.97. The van der Waals surface area contributed by atoms with Crippen LogP contribution in [0.25, 0.3) is 27.5 Å². The monoisotopic (exact) mass is 464 g/mol. The van der Waals surface area contributed by atoms with Crippen LogP contribution in [0.15, 0.2) is 89.7 Å². The van der Waals surface area contributed by atoms with Gasteiger partial charge in [0.05, 0.1) is 11.0 Å². The molecule has 5 rings (SSSR count). The van der Waals surface area contributed by atoms with Crippen LogP contribution in [-0.2, 0) is 11.3 Å². The minimum Gasteiger partial charge on any atom is -0.331 e. The van der Waals surface area contributed by atoms with Crippen molar-refractivity contribution in [2.75, 3.05) is 0 Å². The van der Waals surface area contributed by atoms with E-state index in [4.69, 9.17) is 0 Å². The summed E-state index contributed by atoms with van der Waals surface area (Å²) in [4.78, 5) is 38.3. The summed E-state index contributed by atoms with van der Waals surface area (Å²) < 4.78 is 3.88. The highest BCUT2D eigenvalue weighted by Gasteiger charge is 2.14. The smallest absolute Gasteiger partial charge is 0.269 e. The molecule has 0 bridgehead atoms. The molecule has 0 unspecified atom stereocenters. The number of carbonyl (C=O) groups is 2. The van der Waals surface area contributed by atoms with E-state index in [1.807, 2.05) is 62.4 Å². The van der Waals surface area contributed by atoms with Crippen LogP contribution in [0.1, 0.15) is 21.7 Å². The fourth-order valence-electron chi connectivity index (χ4n) is 4.47. The van der Waals surface area contributed by atoms with E-state index in [9.17, 15) is 14.4 Å². The number of hydrogen-bond acceptors (Lipinski definition) is 3. The summed E-state index contributed by atoms with van der Waals surface area (Å²) in [6.07, 6.45) is 0. The normalized spacial score (nSPS) is 11.0. The molecule has 2 amide bonds. The molecule has 7 nitrogen and oxygen atoms in total. The Morgan fingerprint density at radius 2 is 1.26 bits per heavy atom. The van der Waals surface area contributed by atoms with Crippen molar-refractivity contribution in [2.24, 2.45) is 0 Å². The number of nitrogens with zero attached hydrogens (tertiary/aromatic N) is 2. The second-order valence-corrected chi connectivity index (χ2v) is 8.45. The van der Waals surface area contributed by atoms with E-state index in [2.05, 4.69) is 15.4 Å². The van der Waals surface area contributed by atoms with Gasteiger partial charge in [-0.15, -0.1) is 0 Å². The highest BCUT2D eigenvalue weighted by atomic mass is 16.2. The fourth-order valence-corrected chi connectivity index (χ4v) is 4.47. The van der Waals surface area contributed by atoms with Crippen LogP contribution < -0.4 is 16.3 Å². The Bertz CT molecular complexity index is 1570. The van der Waals surface area contributed by atoms with Gasteiger partial charge in [0.25, 0.3) is 11.8 Å². The van der Waals surface area contributed by atoms with Crippen LogP contribution in [0, 0.1) is 13.8 Å². The number of rotatable bonds is 4. The van der Waals surface area contributed by atoms with Gasteiger partial charge >= 0.3 is 0 Å². The van der Waals surface area contributed by atoms with Gasteiger partial charge in [0.15, 0.2) is 5.43 Å². The maximum Gasteiger partial charge on any atom is 0.269 e. The standard InChI is InChI=1S/C28H24N4O3/c1-18-11-12-19(2)32(18)21-15-13-20(14-16-21)28(35)30-29-26(33)17-31-24-9-5-3-7-22(24)27(34)23-8-4-6-10-25(23)31/h3-16H,17H2,1-2H3,(H,29,33)(H,30,35). The zero-order valence-electron chi connectivity index (χ0n) is 19.4. The van der Waals surface area contributed by atoms with Gasteiger partial charge in [0.1, 0.15) is 6.54 Å². The van der Waals surface area contributed by atoms with Crippen molar-refractivity contribution in [3.05, 3.63) is 112 Å². The first-order valence-electron chi connectivity index (χ1n) is 11.3. The van der Waals surface area contributed by atoms with E-state index >= 15 is 0 Å². The first kappa shape index (κ1) is 22.2. The van der Waals surface area contributed by atoms with E-state index in [0.717, 1.165) is 17.1 Å². The topological polar surface area (TPSA) is 85.1 Å². The molecule has 0 atom stereocenters. The van der Waals surface area contributed by atoms with Crippen molar-refractivity contribution in [1.29, 1.82) is 0 Å². The Labute approximate surface area is 201 Å². The second-order valence-electron chi connectivity index (χ2n) is 8.45. The maximum absolute atomic E-state index is 12.9. The summed E-state index contributed by atoms with van der Waals surface area (Å²) in [7, 11) is 0. The molecule has 0 radical (unpaired) electrons. The fraction of sp³-hybridized carbons (Fsp3) is 0.107. The average Bonchev–Trinajstić information content (AvgIpc) is 3.22. The van der Waals surface area contributed by atoms with E-state index in [-0.39, 0.29) is 12.0 Å². The quantitative estimate of drug-likeness (QED) is 0.311. The first-order chi connectivity index (χ1) is 16.9. The summed E-state index contributed by atoms with van der Waals surface area (Å²) in [5, 5.41) is 1.08. The van der Waals surface area contributed by atoms with Gasteiger partial charge in [-0.3, -0.25) is 25.2 Å². The summed E-state index contributed by atoms with van der Waals surface area (Å²) in [6.45, 7) is 3.99. The number of aryl methyl sites for hydroxylation is 2. The molecule has 7 heteroatoms. The number of pyridine rings is 1. The maximum atomic E-state index is 12.9. The summed E-state index contributed by atoms with van der Waals surface area (Å²) in [6, 6.07) is 25.6. The number of carbonyl (C=O) groups excluding carboxylic acids is 2. The van der Waals surface area contributed by atoms with Gasteiger partial charge in [-0.25, -0.2) is 0 Å². The van der Waals surface area contributed by atoms with Crippen molar-refractivity contribution in [3.8, 4) is 5.69 Å². The van der Waals surface area contributed by atoms with Crippen LogP contribution in [0.3, 0.4) is 0 Å². The van der Waals surface area contributed by atoms with E-state index in [1.54, 1.807) is 41.0 Å². The SMILES string of the molecule is Cc1ccc(C)n1-c1ccc(C(=O)NNC(=O)Cn2c3ccccc3c(=O)c3ccccc32)cc1. The minimum atomic E-state index is -0.416. The third-order valence-electron chi connectivity index (χ3n) is 6.15. The van der Waals surface area contributed by atoms with Crippen molar-refractivity contribution in [1.82, 2.24) is 20.0 Å². The molecule has 5 aromatic rings. The Morgan fingerprint density at radius 1 is 0.714 bits per heavy atom. The molecule has 174 valence electrons. The van der Waals surface area contributed by atoms with Crippen molar-refractivity contribution in [3.63, 3.8) is 0 Å². The highest BCUT2D eigenvalue weighted by Crippen LogP contribution is 2.19. The molecular formula is C28H24N4O3. The van der Waals surface area contributed by atoms with Gasteiger partial charge < -0.3 is 9.13 Å². The van der Waals surface area contributed by atoms with Crippen LogP contribution in [-0.4, -0.2) is 20.9 Å². The van der Waals surface area contributed by atoms with Gasteiger partial charge in [-0.2, -0.15) is 0 Å². The molecule has 2 aromatic heterocycles. The average molecular weight is 465 g/mol. The molecule has 2 heterocycles. The second kappa shape index (κ2) is 8.95. The molecule has 0 saturated heterocycles. The van der Waals surface area contributed by atoms with Crippen molar-refractivity contribution >= 4 is 33.6 Å². The Morgan fingerprint density at radius 3 is 1.83 bits per heavy atom. The molecule has 0 aliphatic carbocycles. The molecule has 0 saturated carbocycles. The lowest BCUT2D eigenvalue weighted by Crippen LogP contribution is -2.43. The number of fused-ring (bicyclic) bond motifs is 2. The minimum absolute atomic E-state index is 0.0628. The first-order valence-corrected chi connectivity index (χ1v) is 11.3. The molecular weight excluding hydrogens is 440 g/mol. The van der Waals surface area contributed by atoms with Gasteiger partial charge in [-0.1, -0.05) is 24.3 Å². The Hall–Kier alpha value is -4.65. The van der Waals surface area contributed by atoms with Crippen LogP contribution in [0.2, 0.25) is 0 Å². The Kier molecular flexibility index (Phi) is 5.66. The molecule has 0 aliphatic rings. The summed E-state index contributed by atoms with van der Waals surface area (Å²) in [5.74, 6) is -0.826. The van der Waals surface area contributed by atoms with Gasteiger partial charge in [0.2, 0.25) is 0 Å². The van der Waals surface area contributed by atoms with E-state index < -0.39 is 11.8 Å². The predicted molar refractivity (Wildman–Crippen MR) is 137 cm³/mol. The number of aromatic nitrogens is 2. The molecule has 35 heavy (non-hydrogen) atoms. The number of amides is 2. The van der Waals surface area contributed by atoms with Crippen LogP contribution >= 0.6 is 0 Å². The summed E-state index contributed by atoms with van der Waals surface area (Å²) >= 11 is 0. The largest absolute Gasteiger partial charge is 0.331 e. The van der Waals surface area contributed by atoms with Gasteiger partial charge in [0, 0.05) is 33.4 Å². The molecule has 0 aliphatic heterocycles. The molecule has 0 fully saturated rings. The van der Waals surface area contributed by atoms with Gasteiger partial charge in [-0.05, 0) is 74.5 Å². The zero-order valence-corrected chi connectivity index (χ0v) is 19.4. The number of hydrazine groups is 1. The number of nitrogens with one attached hydrogen (secondary N) is 2. The molecule has 2 N–H and O–H groups in total. The van der Waals surface area contributed by atoms with Crippen molar-refractivity contribution in [2.45, 2.75) is 20.4 Å². The molecule has 0 spiro atoms. The zero-order chi connectivity index (χ0) is 24.5. The lowest BCUT2D eigenvalue weighted by atomic mass is 10.1. The summed E-state index contributed by atoms with van der Waals surface area (Å²) in [5.41, 5.74) is 9.81. The van der Waals surface area contributed by atoms with E-state index in [0.29, 0.717) is 27.4 Å². The molecule has 3 aromatic carbocycles. The lowest BCUT2D eigenvalue weighted by molar-refractivity contribution is -0.122.